The monoisotopic (exact) mass is 241 g/mol. The molecule has 3 N–H and O–H groups in total. The lowest BCUT2D eigenvalue weighted by Crippen LogP contribution is -2.42. The van der Waals surface area contributed by atoms with Gasteiger partial charge in [-0.15, -0.1) is 0 Å². The van der Waals surface area contributed by atoms with E-state index in [0.717, 1.165) is 0 Å². The SMILES string of the molecule is NCC1(c2ccccc2O)CCC(F)(F)CC1. The number of phenols is 1. The summed E-state index contributed by atoms with van der Waals surface area (Å²) in [5.74, 6) is -2.42. The van der Waals surface area contributed by atoms with Gasteiger partial charge in [-0.05, 0) is 18.9 Å². The predicted molar refractivity (Wildman–Crippen MR) is 62.3 cm³/mol. The summed E-state index contributed by atoms with van der Waals surface area (Å²) < 4.78 is 26.4. The third-order valence-corrected chi connectivity index (χ3v) is 3.80. The topological polar surface area (TPSA) is 46.2 Å². The molecule has 0 bridgehead atoms. The highest BCUT2D eigenvalue weighted by Crippen LogP contribution is 2.46. The molecule has 1 saturated carbocycles. The van der Waals surface area contributed by atoms with Crippen molar-refractivity contribution in [2.24, 2.45) is 5.73 Å². The average molecular weight is 241 g/mol. The largest absolute Gasteiger partial charge is 0.508 e. The number of hydrogen-bond donors (Lipinski definition) is 2. The molecule has 0 radical (unpaired) electrons. The first-order chi connectivity index (χ1) is 7.99. The van der Waals surface area contributed by atoms with Crippen molar-refractivity contribution in [3.63, 3.8) is 0 Å². The zero-order valence-electron chi connectivity index (χ0n) is 9.63. The molecule has 0 saturated heterocycles. The molecule has 2 nitrogen and oxygen atoms in total. The van der Waals surface area contributed by atoms with Gasteiger partial charge in [-0.1, -0.05) is 18.2 Å². The van der Waals surface area contributed by atoms with Crippen molar-refractivity contribution >= 4 is 0 Å². The molecule has 94 valence electrons. The molecule has 1 aliphatic rings. The van der Waals surface area contributed by atoms with Gasteiger partial charge in [0.25, 0.3) is 0 Å². The van der Waals surface area contributed by atoms with E-state index < -0.39 is 11.3 Å². The Morgan fingerprint density at radius 1 is 1.12 bits per heavy atom. The van der Waals surface area contributed by atoms with E-state index in [2.05, 4.69) is 0 Å². The summed E-state index contributed by atoms with van der Waals surface area (Å²) in [6.07, 6.45) is 0.346. The van der Waals surface area contributed by atoms with Gasteiger partial charge in [-0.25, -0.2) is 8.78 Å². The van der Waals surface area contributed by atoms with Crippen molar-refractivity contribution in [2.45, 2.75) is 37.0 Å². The highest BCUT2D eigenvalue weighted by Gasteiger charge is 2.44. The maximum Gasteiger partial charge on any atom is 0.248 e. The Labute approximate surface area is 99.4 Å². The van der Waals surface area contributed by atoms with Crippen molar-refractivity contribution < 1.29 is 13.9 Å². The molecular formula is C13H17F2NO. The molecule has 2 rings (SSSR count). The average Bonchev–Trinajstić information content (AvgIpc) is 2.31. The van der Waals surface area contributed by atoms with Gasteiger partial charge in [0.15, 0.2) is 0 Å². The Morgan fingerprint density at radius 2 is 1.71 bits per heavy atom. The van der Waals surface area contributed by atoms with Crippen molar-refractivity contribution in [2.75, 3.05) is 6.54 Å². The number of halogens is 2. The lowest BCUT2D eigenvalue weighted by molar-refractivity contribution is -0.0511. The number of aromatic hydroxyl groups is 1. The molecule has 1 fully saturated rings. The highest BCUT2D eigenvalue weighted by atomic mass is 19.3. The molecule has 1 aromatic rings. The van der Waals surface area contributed by atoms with E-state index in [4.69, 9.17) is 5.73 Å². The van der Waals surface area contributed by atoms with Crippen molar-refractivity contribution in [3.8, 4) is 5.75 Å². The first kappa shape index (κ1) is 12.3. The minimum absolute atomic E-state index is 0.154. The van der Waals surface area contributed by atoms with E-state index in [1.165, 1.54) is 0 Å². The summed E-state index contributed by atoms with van der Waals surface area (Å²) >= 11 is 0. The van der Waals surface area contributed by atoms with Crippen molar-refractivity contribution in [3.05, 3.63) is 29.8 Å². The van der Waals surface area contributed by atoms with Crippen LogP contribution in [0.3, 0.4) is 0 Å². The molecule has 0 amide bonds. The maximum atomic E-state index is 13.2. The van der Waals surface area contributed by atoms with Crippen LogP contribution in [0.2, 0.25) is 0 Å². The number of para-hydroxylation sites is 1. The molecule has 4 heteroatoms. The van der Waals surface area contributed by atoms with Gasteiger partial charge in [0.2, 0.25) is 5.92 Å². The molecule has 1 aliphatic carbocycles. The van der Waals surface area contributed by atoms with Crippen molar-refractivity contribution in [1.29, 1.82) is 0 Å². The zero-order valence-corrected chi connectivity index (χ0v) is 9.63. The molecule has 0 spiro atoms. The third-order valence-electron chi connectivity index (χ3n) is 3.80. The number of phenolic OH excluding ortho intramolecular Hbond substituents is 1. The van der Waals surface area contributed by atoms with Crippen LogP contribution < -0.4 is 5.73 Å². The predicted octanol–water partition coefficient (Wildman–Crippen LogP) is 2.80. The van der Waals surface area contributed by atoms with Gasteiger partial charge < -0.3 is 10.8 Å². The van der Waals surface area contributed by atoms with Crippen LogP contribution >= 0.6 is 0 Å². The minimum Gasteiger partial charge on any atom is -0.508 e. The Balaban J connectivity index is 2.31. The maximum absolute atomic E-state index is 13.2. The summed E-state index contributed by atoms with van der Waals surface area (Å²) in [7, 11) is 0. The van der Waals surface area contributed by atoms with Crippen LogP contribution in [0.4, 0.5) is 8.78 Å². The molecular weight excluding hydrogens is 224 g/mol. The summed E-state index contributed by atoms with van der Waals surface area (Å²) in [5, 5.41) is 9.85. The Morgan fingerprint density at radius 3 is 2.24 bits per heavy atom. The fourth-order valence-electron chi connectivity index (χ4n) is 2.60. The van der Waals surface area contributed by atoms with E-state index >= 15 is 0 Å². The number of alkyl halides is 2. The first-order valence-corrected chi connectivity index (χ1v) is 5.85. The van der Waals surface area contributed by atoms with E-state index in [-0.39, 0.29) is 18.6 Å². The van der Waals surface area contributed by atoms with E-state index in [9.17, 15) is 13.9 Å². The molecule has 0 atom stereocenters. The van der Waals surface area contributed by atoms with Gasteiger partial charge in [-0.3, -0.25) is 0 Å². The van der Waals surface area contributed by atoms with Gasteiger partial charge in [0.05, 0.1) is 0 Å². The lowest BCUT2D eigenvalue weighted by Gasteiger charge is -2.40. The van der Waals surface area contributed by atoms with Crippen LogP contribution in [0.15, 0.2) is 24.3 Å². The summed E-state index contributed by atoms with van der Waals surface area (Å²) in [6.45, 7) is 0.292. The van der Waals surface area contributed by atoms with Gasteiger partial charge in [-0.2, -0.15) is 0 Å². The minimum atomic E-state index is -2.58. The standard InChI is InChI=1S/C13H17F2NO/c14-13(15)7-5-12(9-16,6-8-13)10-3-1-2-4-11(10)17/h1-4,17H,5-9,16H2. The quantitative estimate of drug-likeness (QED) is 0.836. The molecule has 0 unspecified atom stereocenters. The second kappa shape index (κ2) is 4.26. The van der Waals surface area contributed by atoms with E-state index in [0.29, 0.717) is 24.9 Å². The van der Waals surface area contributed by atoms with Crippen molar-refractivity contribution in [1.82, 2.24) is 0 Å². The van der Waals surface area contributed by atoms with Crippen LogP contribution in [0.1, 0.15) is 31.2 Å². The fraction of sp³-hybridized carbons (Fsp3) is 0.538. The van der Waals surface area contributed by atoms with Crippen LogP contribution in [-0.2, 0) is 5.41 Å². The van der Waals surface area contributed by atoms with Crippen LogP contribution in [0.25, 0.3) is 0 Å². The van der Waals surface area contributed by atoms with Gasteiger partial charge in [0, 0.05) is 30.4 Å². The van der Waals surface area contributed by atoms with Gasteiger partial charge in [0.1, 0.15) is 5.75 Å². The summed E-state index contributed by atoms with van der Waals surface area (Å²) in [4.78, 5) is 0. The molecule has 1 aromatic carbocycles. The zero-order chi connectivity index (χ0) is 12.5. The third kappa shape index (κ3) is 2.27. The second-order valence-corrected chi connectivity index (χ2v) is 4.86. The second-order valence-electron chi connectivity index (χ2n) is 4.86. The van der Waals surface area contributed by atoms with E-state index in [1.54, 1.807) is 24.3 Å². The van der Waals surface area contributed by atoms with E-state index in [1.807, 2.05) is 0 Å². The Kier molecular flexibility index (Phi) is 3.08. The van der Waals surface area contributed by atoms with Gasteiger partial charge >= 0.3 is 0 Å². The molecule has 0 aliphatic heterocycles. The van der Waals surface area contributed by atoms with Crippen LogP contribution in [0.5, 0.6) is 5.75 Å². The lowest BCUT2D eigenvalue weighted by atomic mass is 9.68. The van der Waals surface area contributed by atoms with Crippen LogP contribution in [0, 0.1) is 0 Å². The number of benzene rings is 1. The number of hydrogen-bond acceptors (Lipinski definition) is 2. The number of nitrogens with two attached hydrogens (primary N) is 1. The summed E-state index contributed by atoms with van der Waals surface area (Å²) in [6, 6.07) is 6.89. The summed E-state index contributed by atoms with van der Waals surface area (Å²) in [5.41, 5.74) is 5.99. The number of rotatable bonds is 2. The molecule has 0 heterocycles. The smallest absolute Gasteiger partial charge is 0.248 e. The Hall–Kier alpha value is -1.16. The van der Waals surface area contributed by atoms with Crippen LogP contribution in [-0.4, -0.2) is 17.6 Å². The Bertz CT molecular complexity index is 396. The molecule has 17 heavy (non-hydrogen) atoms. The normalized spacial score (nSPS) is 22.3. The first-order valence-electron chi connectivity index (χ1n) is 5.85. The highest BCUT2D eigenvalue weighted by molar-refractivity contribution is 5.39. The molecule has 0 aromatic heterocycles. The fourth-order valence-corrected chi connectivity index (χ4v) is 2.60.